The van der Waals surface area contributed by atoms with Crippen LogP contribution < -0.4 is 14.8 Å². The van der Waals surface area contributed by atoms with Crippen molar-refractivity contribution in [3.8, 4) is 11.5 Å². The topological polar surface area (TPSA) is 61.2 Å². The summed E-state index contributed by atoms with van der Waals surface area (Å²) in [5.74, 6) is 1.59. The molecule has 2 aromatic rings. The van der Waals surface area contributed by atoms with E-state index in [-0.39, 0.29) is 6.04 Å². The second-order valence-corrected chi connectivity index (χ2v) is 4.41. The predicted molar refractivity (Wildman–Crippen MR) is 69.3 cm³/mol. The zero-order chi connectivity index (χ0) is 13.2. The molecule has 0 bridgehead atoms. The lowest BCUT2D eigenvalue weighted by atomic mass is 10.0. The van der Waals surface area contributed by atoms with Crippen LogP contribution in [0.3, 0.4) is 0 Å². The van der Waals surface area contributed by atoms with Crippen molar-refractivity contribution in [2.24, 2.45) is 7.05 Å². The Bertz CT molecular complexity index is 582. The monoisotopic (exact) mass is 260 g/mol. The molecule has 1 aliphatic heterocycles. The molecule has 0 aliphatic carbocycles. The molecule has 0 radical (unpaired) electrons. The van der Waals surface area contributed by atoms with E-state index in [1.54, 1.807) is 10.9 Å². The van der Waals surface area contributed by atoms with E-state index in [2.05, 4.69) is 15.6 Å². The molecule has 1 aliphatic rings. The summed E-state index contributed by atoms with van der Waals surface area (Å²) in [4.78, 5) is 0. The van der Waals surface area contributed by atoms with Gasteiger partial charge in [0.15, 0.2) is 11.5 Å². The molecule has 0 fully saturated rings. The smallest absolute Gasteiger partial charge is 0.161 e. The third-order valence-electron chi connectivity index (χ3n) is 3.23. The quantitative estimate of drug-likeness (QED) is 0.888. The number of hydrogen-bond donors (Lipinski definition) is 1. The van der Waals surface area contributed by atoms with Crippen LogP contribution in [-0.4, -0.2) is 35.3 Å². The molecule has 1 aromatic carbocycles. The van der Waals surface area contributed by atoms with Crippen molar-refractivity contribution in [3.05, 3.63) is 35.7 Å². The van der Waals surface area contributed by atoms with E-state index in [0.717, 1.165) is 22.8 Å². The number of rotatable bonds is 3. The summed E-state index contributed by atoms with van der Waals surface area (Å²) in [6.45, 7) is 1.20. The van der Waals surface area contributed by atoms with E-state index in [9.17, 15) is 0 Å². The summed E-state index contributed by atoms with van der Waals surface area (Å²) in [6.07, 6.45) is 1.76. The van der Waals surface area contributed by atoms with E-state index in [1.807, 2.05) is 32.3 Å². The fourth-order valence-corrected chi connectivity index (χ4v) is 2.28. The number of fused-ring (bicyclic) bond motifs is 1. The highest BCUT2D eigenvalue weighted by Crippen LogP contribution is 2.33. The number of nitrogens with one attached hydrogen (secondary N) is 1. The number of nitrogens with zero attached hydrogens (tertiary/aromatic N) is 3. The molecule has 0 amide bonds. The van der Waals surface area contributed by atoms with Gasteiger partial charge in [0.2, 0.25) is 0 Å². The maximum atomic E-state index is 5.62. The summed E-state index contributed by atoms with van der Waals surface area (Å²) in [6, 6.07) is 6.00. The first-order chi connectivity index (χ1) is 9.29. The second kappa shape index (κ2) is 4.89. The standard InChI is InChI=1S/C13H16N4O2/c1-14-13(10-8-15-16-17(10)2)9-3-4-11-12(7-9)19-6-5-18-11/h3-4,7-8,13-14H,5-6H2,1-2H3. The van der Waals surface area contributed by atoms with Gasteiger partial charge in [-0.1, -0.05) is 11.3 Å². The molecule has 0 saturated carbocycles. The average molecular weight is 260 g/mol. The molecular weight excluding hydrogens is 244 g/mol. The predicted octanol–water partition coefficient (Wildman–Crippen LogP) is 0.895. The summed E-state index contributed by atoms with van der Waals surface area (Å²) in [5.41, 5.74) is 2.09. The van der Waals surface area contributed by atoms with Crippen LogP contribution in [0.15, 0.2) is 24.4 Å². The van der Waals surface area contributed by atoms with Gasteiger partial charge in [-0.05, 0) is 24.7 Å². The number of hydrogen-bond acceptors (Lipinski definition) is 5. The summed E-state index contributed by atoms with van der Waals surface area (Å²) >= 11 is 0. The van der Waals surface area contributed by atoms with E-state index in [4.69, 9.17) is 9.47 Å². The van der Waals surface area contributed by atoms with Crippen LogP contribution in [0.5, 0.6) is 11.5 Å². The van der Waals surface area contributed by atoms with Crippen molar-refractivity contribution in [2.45, 2.75) is 6.04 Å². The Balaban J connectivity index is 1.98. The highest BCUT2D eigenvalue weighted by atomic mass is 16.6. The minimum atomic E-state index is 0.0239. The molecule has 2 heterocycles. The Morgan fingerprint density at radius 2 is 2.05 bits per heavy atom. The molecule has 6 heteroatoms. The van der Waals surface area contributed by atoms with E-state index in [1.165, 1.54) is 0 Å². The largest absolute Gasteiger partial charge is 0.486 e. The lowest BCUT2D eigenvalue weighted by Crippen LogP contribution is -2.21. The Hall–Kier alpha value is -2.08. The van der Waals surface area contributed by atoms with Crippen molar-refractivity contribution in [2.75, 3.05) is 20.3 Å². The SMILES string of the molecule is CNC(c1ccc2c(c1)OCCO2)c1cnnn1C. The van der Waals surface area contributed by atoms with Crippen molar-refractivity contribution in [1.82, 2.24) is 20.3 Å². The zero-order valence-electron chi connectivity index (χ0n) is 11.0. The summed E-state index contributed by atoms with van der Waals surface area (Å²) < 4.78 is 12.9. The van der Waals surface area contributed by atoms with Crippen LogP contribution in [0, 0.1) is 0 Å². The summed E-state index contributed by atoms with van der Waals surface area (Å²) in [5, 5.41) is 11.2. The van der Waals surface area contributed by atoms with Crippen LogP contribution in [-0.2, 0) is 7.05 Å². The van der Waals surface area contributed by atoms with Gasteiger partial charge >= 0.3 is 0 Å². The Labute approximate surface area is 111 Å². The molecule has 1 unspecified atom stereocenters. The molecule has 3 rings (SSSR count). The Kier molecular flexibility index (Phi) is 3.08. The van der Waals surface area contributed by atoms with Crippen molar-refractivity contribution in [1.29, 1.82) is 0 Å². The number of ether oxygens (including phenoxy) is 2. The van der Waals surface area contributed by atoms with Gasteiger partial charge in [-0.25, -0.2) is 0 Å². The fourth-order valence-electron chi connectivity index (χ4n) is 2.28. The highest BCUT2D eigenvalue weighted by Gasteiger charge is 2.19. The van der Waals surface area contributed by atoms with Crippen LogP contribution in [0.1, 0.15) is 17.3 Å². The molecule has 0 spiro atoms. The highest BCUT2D eigenvalue weighted by molar-refractivity contribution is 5.45. The first kappa shape index (κ1) is 12.0. The van der Waals surface area contributed by atoms with E-state index in [0.29, 0.717) is 13.2 Å². The third-order valence-corrected chi connectivity index (χ3v) is 3.23. The minimum absolute atomic E-state index is 0.0239. The first-order valence-electron chi connectivity index (χ1n) is 6.21. The molecule has 0 saturated heterocycles. The molecule has 6 nitrogen and oxygen atoms in total. The lowest BCUT2D eigenvalue weighted by molar-refractivity contribution is 0.171. The Morgan fingerprint density at radius 3 is 2.74 bits per heavy atom. The van der Waals surface area contributed by atoms with E-state index >= 15 is 0 Å². The van der Waals surface area contributed by atoms with Crippen molar-refractivity contribution < 1.29 is 9.47 Å². The van der Waals surface area contributed by atoms with Gasteiger partial charge in [-0.2, -0.15) is 0 Å². The number of aromatic nitrogens is 3. The number of benzene rings is 1. The fraction of sp³-hybridized carbons (Fsp3) is 0.385. The molecule has 19 heavy (non-hydrogen) atoms. The first-order valence-corrected chi connectivity index (χ1v) is 6.21. The maximum Gasteiger partial charge on any atom is 0.161 e. The molecule has 100 valence electrons. The molecule has 1 atom stereocenters. The molecular formula is C13H16N4O2. The van der Waals surface area contributed by atoms with Crippen molar-refractivity contribution in [3.63, 3.8) is 0 Å². The average Bonchev–Trinajstić information content (AvgIpc) is 2.86. The van der Waals surface area contributed by atoms with E-state index < -0.39 is 0 Å². The second-order valence-electron chi connectivity index (χ2n) is 4.41. The van der Waals surface area contributed by atoms with Gasteiger partial charge < -0.3 is 14.8 Å². The van der Waals surface area contributed by atoms with Crippen LogP contribution in [0.25, 0.3) is 0 Å². The van der Waals surface area contributed by atoms with Gasteiger partial charge in [-0.15, -0.1) is 5.10 Å². The van der Waals surface area contributed by atoms with Gasteiger partial charge in [0.25, 0.3) is 0 Å². The number of aryl methyl sites for hydroxylation is 1. The van der Waals surface area contributed by atoms with Crippen molar-refractivity contribution >= 4 is 0 Å². The Morgan fingerprint density at radius 1 is 1.26 bits per heavy atom. The van der Waals surface area contributed by atoms with Crippen LogP contribution in [0.4, 0.5) is 0 Å². The molecule has 1 aromatic heterocycles. The normalized spacial score (nSPS) is 15.3. The van der Waals surface area contributed by atoms with Gasteiger partial charge in [-0.3, -0.25) is 4.68 Å². The lowest BCUT2D eigenvalue weighted by Gasteiger charge is -2.21. The van der Waals surface area contributed by atoms with Gasteiger partial charge in [0.05, 0.1) is 17.9 Å². The van der Waals surface area contributed by atoms with Gasteiger partial charge in [0.1, 0.15) is 13.2 Å². The summed E-state index contributed by atoms with van der Waals surface area (Å²) in [7, 11) is 3.79. The third kappa shape index (κ3) is 2.15. The zero-order valence-corrected chi connectivity index (χ0v) is 11.0. The van der Waals surface area contributed by atoms with Crippen LogP contribution in [0.2, 0.25) is 0 Å². The van der Waals surface area contributed by atoms with Crippen LogP contribution >= 0.6 is 0 Å². The van der Waals surface area contributed by atoms with Gasteiger partial charge in [0, 0.05) is 7.05 Å². The molecule has 1 N–H and O–H groups in total. The maximum absolute atomic E-state index is 5.62. The minimum Gasteiger partial charge on any atom is -0.486 e.